The summed E-state index contributed by atoms with van der Waals surface area (Å²) in [6.45, 7) is 0. The molecule has 0 fully saturated rings. The lowest BCUT2D eigenvalue weighted by molar-refractivity contribution is 0.100. The summed E-state index contributed by atoms with van der Waals surface area (Å²) in [5, 5.41) is 0. The number of methoxy groups -OCH3 is 1. The number of benzene rings is 1. The maximum Gasteiger partial charge on any atom is 0.250 e. The molecule has 0 atom stereocenters. The monoisotopic (exact) mass is 216 g/mol. The number of hydrogen-bond donors (Lipinski definition) is 2. The van der Waals surface area contributed by atoms with Crippen molar-refractivity contribution < 1.29 is 9.53 Å². The Morgan fingerprint density at radius 2 is 1.94 bits per heavy atom. The van der Waals surface area contributed by atoms with E-state index < -0.39 is 5.91 Å². The van der Waals surface area contributed by atoms with Gasteiger partial charge in [-0.3, -0.25) is 4.79 Å². The van der Waals surface area contributed by atoms with Gasteiger partial charge < -0.3 is 15.5 Å². The molecule has 2 rings (SSSR count). The minimum Gasteiger partial charge on any atom is -0.497 e. The zero-order chi connectivity index (χ0) is 11.5. The topological polar surface area (TPSA) is 68.1 Å². The van der Waals surface area contributed by atoms with Gasteiger partial charge in [-0.25, -0.2) is 0 Å². The molecule has 0 radical (unpaired) electrons. The van der Waals surface area contributed by atoms with Gasteiger partial charge in [0.2, 0.25) is 0 Å². The second-order valence-corrected chi connectivity index (χ2v) is 3.38. The van der Waals surface area contributed by atoms with Crippen LogP contribution in [0.4, 0.5) is 0 Å². The van der Waals surface area contributed by atoms with E-state index in [-0.39, 0.29) is 0 Å². The Bertz CT molecular complexity index is 500. The van der Waals surface area contributed by atoms with Crippen LogP contribution >= 0.6 is 0 Å². The number of hydrogen-bond acceptors (Lipinski definition) is 2. The number of H-pyrrole nitrogens is 1. The van der Waals surface area contributed by atoms with E-state index in [2.05, 4.69) is 4.98 Å². The predicted octanol–water partition coefficient (Wildman–Crippen LogP) is 1.79. The van der Waals surface area contributed by atoms with E-state index in [0.717, 1.165) is 16.9 Å². The Labute approximate surface area is 93.0 Å². The third kappa shape index (κ3) is 1.77. The fourth-order valence-electron chi connectivity index (χ4n) is 1.58. The van der Waals surface area contributed by atoms with Crippen LogP contribution in [0.1, 0.15) is 10.4 Å². The van der Waals surface area contributed by atoms with Crippen molar-refractivity contribution in [2.24, 2.45) is 5.73 Å². The molecule has 1 aromatic carbocycles. The summed E-state index contributed by atoms with van der Waals surface area (Å²) >= 11 is 0. The summed E-state index contributed by atoms with van der Waals surface area (Å²) in [5.41, 5.74) is 7.49. The van der Waals surface area contributed by atoms with Crippen LogP contribution in [0.5, 0.6) is 5.75 Å². The van der Waals surface area contributed by atoms with Crippen molar-refractivity contribution in [2.75, 3.05) is 7.11 Å². The zero-order valence-electron chi connectivity index (χ0n) is 8.86. The van der Waals surface area contributed by atoms with Gasteiger partial charge in [0.25, 0.3) is 5.91 Å². The van der Waals surface area contributed by atoms with Gasteiger partial charge >= 0.3 is 0 Å². The smallest absolute Gasteiger partial charge is 0.250 e. The molecule has 1 aromatic heterocycles. The van der Waals surface area contributed by atoms with Crippen molar-refractivity contribution in [2.45, 2.75) is 0 Å². The summed E-state index contributed by atoms with van der Waals surface area (Å²) in [7, 11) is 1.61. The maximum atomic E-state index is 11.2. The van der Waals surface area contributed by atoms with Crippen molar-refractivity contribution in [1.29, 1.82) is 0 Å². The summed E-state index contributed by atoms with van der Waals surface area (Å²) in [5.74, 6) is 0.340. The molecule has 2 aromatic rings. The van der Waals surface area contributed by atoms with E-state index >= 15 is 0 Å². The summed E-state index contributed by atoms with van der Waals surface area (Å²) in [6, 6.07) is 7.45. The van der Waals surface area contributed by atoms with Crippen LogP contribution in [0.25, 0.3) is 11.1 Å². The molecule has 82 valence electrons. The minimum absolute atomic E-state index is 0.438. The van der Waals surface area contributed by atoms with Crippen molar-refractivity contribution in [1.82, 2.24) is 4.98 Å². The molecule has 16 heavy (non-hydrogen) atoms. The third-order valence-corrected chi connectivity index (χ3v) is 2.41. The van der Waals surface area contributed by atoms with Crippen LogP contribution in [0.2, 0.25) is 0 Å². The number of carbonyl (C=O) groups is 1. The lowest BCUT2D eigenvalue weighted by atomic mass is 10.0. The Morgan fingerprint density at radius 1 is 1.25 bits per heavy atom. The van der Waals surface area contributed by atoms with Crippen LogP contribution < -0.4 is 10.5 Å². The molecule has 0 aliphatic heterocycles. The minimum atomic E-state index is -0.438. The van der Waals surface area contributed by atoms with E-state index in [1.165, 1.54) is 0 Å². The zero-order valence-corrected chi connectivity index (χ0v) is 8.86. The third-order valence-electron chi connectivity index (χ3n) is 2.41. The van der Waals surface area contributed by atoms with E-state index in [0.29, 0.717) is 5.56 Å². The van der Waals surface area contributed by atoms with Gasteiger partial charge in [-0.05, 0) is 17.7 Å². The fourth-order valence-corrected chi connectivity index (χ4v) is 1.58. The number of primary amides is 1. The molecule has 0 saturated heterocycles. The Hall–Kier alpha value is -2.23. The fraction of sp³-hybridized carbons (Fsp3) is 0.0833. The second kappa shape index (κ2) is 4.10. The van der Waals surface area contributed by atoms with Crippen LogP contribution in [-0.4, -0.2) is 18.0 Å². The first-order valence-electron chi connectivity index (χ1n) is 4.83. The highest BCUT2D eigenvalue weighted by Gasteiger charge is 2.10. The van der Waals surface area contributed by atoms with Crippen molar-refractivity contribution in [3.63, 3.8) is 0 Å². The average molecular weight is 216 g/mol. The first-order valence-corrected chi connectivity index (χ1v) is 4.83. The molecule has 0 unspecified atom stereocenters. The van der Waals surface area contributed by atoms with Crippen molar-refractivity contribution in [3.05, 3.63) is 42.2 Å². The molecule has 0 saturated carbocycles. The molecule has 1 heterocycles. The lowest BCUT2D eigenvalue weighted by Gasteiger charge is -2.03. The van der Waals surface area contributed by atoms with Crippen LogP contribution in [0, 0.1) is 0 Å². The second-order valence-electron chi connectivity index (χ2n) is 3.38. The molecule has 0 spiro atoms. The highest BCUT2D eigenvalue weighted by molar-refractivity contribution is 5.99. The molecule has 0 aliphatic carbocycles. The number of aromatic amines is 1. The highest BCUT2D eigenvalue weighted by Crippen LogP contribution is 2.25. The molecule has 3 N–H and O–H groups in total. The first-order chi connectivity index (χ1) is 7.72. The largest absolute Gasteiger partial charge is 0.497 e. The number of amides is 1. The Kier molecular flexibility index (Phi) is 2.64. The summed E-state index contributed by atoms with van der Waals surface area (Å²) in [4.78, 5) is 14.0. The average Bonchev–Trinajstić information content (AvgIpc) is 2.78. The van der Waals surface area contributed by atoms with Crippen LogP contribution in [0.3, 0.4) is 0 Å². The SMILES string of the molecule is COc1ccc(-c2c[nH]cc2C(N)=O)cc1. The van der Waals surface area contributed by atoms with E-state index in [1.54, 1.807) is 19.5 Å². The standard InChI is InChI=1S/C12H12N2O2/c1-16-9-4-2-8(3-5-9)10-6-14-7-11(10)12(13)15/h2-7,14H,1H3,(H2,13,15). The van der Waals surface area contributed by atoms with Gasteiger partial charge in [-0.15, -0.1) is 0 Å². The number of rotatable bonds is 3. The number of carbonyl (C=O) groups excluding carboxylic acids is 1. The number of nitrogens with two attached hydrogens (primary N) is 1. The molecule has 1 amide bonds. The Balaban J connectivity index is 2.42. The van der Waals surface area contributed by atoms with Gasteiger partial charge in [-0.1, -0.05) is 12.1 Å². The van der Waals surface area contributed by atoms with E-state index in [9.17, 15) is 4.79 Å². The van der Waals surface area contributed by atoms with Crippen molar-refractivity contribution >= 4 is 5.91 Å². The summed E-state index contributed by atoms with van der Waals surface area (Å²) in [6.07, 6.45) is 3.35. The number of aromatic nitrogens is 1. The number of nitrogens with one attached hydrogen (secondary N) is 1. The maximum absolute atomic E-state index is 11.2. The molecule has 4 nitrogen and oxygen atoms in total. The highest BCUT2D eigenvalue weighted by atomic mass is 16.5. The quantitative estimate of drug-likeness (QED) is 0.821. The summed E-state index contributed by atoms with van der Waals surface area (Å²) < 4.78 is 5.06. The van der Waals surface area contributed by atoms with Gasteiger partial charge in [0.1, 0.15) is 5.75 Å². The molecule has 0 bridgehead atoms. The predicted molar refractivity (Wildman–Crippen MR) is 61.3 cm³/mol. The van der Waals surface area contributed by atoms with Crippen LogP contribution in [0.15, 0.2) is 36.7 Å². The van der Waals surface area contributed by atoms with Crippen molar-refractivity contribution in [3.8, 4) is 16.9 Å². The van der Waals surface area contributed by atoms with Gasteiger partial charge in [-0.2, -0.15) is 0 Å². The van der Waals surface area contributed by atoms with E-state index in [1.807, 2.05) is 24.3 Å². The molecular weight excluding hydrogens is 204 g/mol. The Morgan fingerprint density at radius 3 is 2.50 bits per heavy atom. The first kappa shape index (κ1) is 10.3. The van der Waals surface area contributed by atoms with Gasteiger partial charge in [0.05, 0.1) is 12.7 Å². The molecule has 4 heteroatoms. The van der Waals surface area contributed by atoms with E-state index in [4.69, 9.17) is 10.5 Å². The lowest BCUT2D eigenvalue weighted by Crippen LogP contribution is -2.10. The normalized spacial score (nSPS) is 10.1. The van der Waals surface area contributed by atoms with Gasteiger partial charge in [0, 0.05) is 18.0 Å². The number of ether oxygens (including phenoxy) is 1. The molecule has 0 aliphatic rings. The van der Waals surface area contributed by atoms with Crippen LogP contribution in [-0.2, 0) is 0 Å². The molecular formula is C12H12N2O2. The van der Waals surface area contributed by atoms with Gasteiger partial charge in [0.15, 0.2) is 0 Å².